The van der Waals surface area contributed by atoms with Crippen molar-refractivity contribution in [3.05, 3.63) is 34.6 Å². The van der Waals surface area contributed by atoms with Crippen LogP contribution < -0.4 is 5.32 Å². The Bertz CT molecular complexity index is 551. The second-order valence-corrected chi connectivity index (χ2v) is 8.31. The molecule has 4 unspecified atom stereocenters. The van der Waals surface area contributed by atoms with Crippen LogP contribution in [-0.2, 0) is 0 Å². The van der Waals surface area contributed by atoms with Gasteiger partial charge < -0.3 is 5.32 Å². The van der Waals surface area contributed by atoms with Gasteiger partial charge in [-0.2, -0.15) is 0 Å². The van der Waals surface area contributed by atoms with Gasteiger partial charge in [-0.05, 0) is 60.6 Å². The lowest BCUT2D eigenvalue weighted by molar-refractivity contribution is 0.100. The van der Waals surface area contributed by atoms with Crippen molar-refractivity contribution in [1.29, 1.82) is 0 Å². The summed E-state index contributed by atoms with van der Waals surface area (Å²) >= 11 is 6.21. The molecule has 0 saturated heterocycles. The molecule has 0 radical (unpaired) electrons. The summed E-state index contributed by atoms with van der Waals surface area (Å²) in [5, 5.41) is 4.33. The predicted molar refractivity (Wildman–Crippen MR) is 86.0 cm³/mol. The molecule has 2 aliphatic carbocycles. The summed E-state index contributed by atoms with van der Waals surface area (Å²) in [6.07, 6.45) is 3.98. The van der Waals surface area contributed by atoms with Crippen molar-refractivity contribution >= 4 is 11.6 Å². The molecule has 1 aromatic carbocycles. The first kappa shape index (κ1) is 15.3. The minimum absolute atomic E-state index is 0.138. The topological polar surface area (TPSA) is 12.0 Å². The number of nitrogens with one attached hydrogen (secondary N) is 1. The normalized spacial score (nSPS) is 35.1. The maximum absolute atomic E-state index is 13.2. The molecule has 2 bridgehead atoms. The number of hydrogen-bond acceptors (Lipinski definition) is 1. The van der Waals surface area contributed by atoms with Crippen molar-refractivity contribution in [1.82, 2.24) is 5.32 Å². The van der Waals surface area contributed by atoms with Gasteiger partial charge in [-0.15, -0.1) is 0 Å². The number of rotatable bonds is 3. The summed E-state index contributed by atoms with van der Waals surface area (Å²) in [5.74, 6) is 0.541. The summed E-state index contributed by atoms with van der Waals surface area (Å²) < 4.78 is 13.2. The summed E-state index contributed by atoms with van der Waals surface area (Å²) in [7, 11) is 0. The SMILES string of the molecule is CC(NC1C2(C)CCC(C2)C1(C)C)c1ccc(F)cc1Cl. The Balaban J connectivity index is 1.83. The Labute approximate surface area is 132 Å². The third-order valence-corrected chi connectivity index (χ3v) is 6.44. The van der Waals surface area contributed by atoms with Crippen LogP contribution in [0.15, 0.2) is 18.2 Å². The molecule has 21 heavy (non-hydrogen) atoms. The first-order chi connectivity index (χ1) is 9.74. The fourth-order valence-electron chi connectivity index (χ4n) is 4.91. The van der Waals surface area contributed by atoms with Crippen molar-refractivity contribution in [3.63, 3.8) is 0 Å². The largest absolute Gasteiger partial charge is 0.306 e. The van der Waals surface area contributed by atoms with Gasteiger partial charge in [-0.1, -0.05) is 38.4 Å². The number of hydrogen-bond donors (Lipinski definition) is 1. The Hall–Kier alpha value is -0.600. The van der Waals surface area contributed by atoms with Crippen molar-refractivity contribution in [2.24, 2.45) is 16.7 Å². The maximum Gasteiger partial charge on any atom is 0.124 e. The highest BCUT2D eigenvalue weighted by molar-refractivity contribution is 6.31. The molecule has 4 atom stereocenters. The van der Waals surface area contributed by atoms with E-state index in [9.17, 15) is 4.39 Å². The van der Waals surface area contributed by atoms with Gasteiger partial charge in [0.15, 0.2) is 0 Å². The molecule has 0 aliphatic heterocycles. The molecule has 1 N–H and O–H groups in total. The molecule has 0 amide bonds. The van der Waals surface area contributed by atoms with Gasteiger partial charge in [0.2, 0.25) is 0 Å². The average Bonchev–Trinajstić information content (AvgIpc) is 2.85. The van der Waals surface area contributed by atoms with Crippen LogP contribution in [0.4, 0.5) is 4.39 Å². The van der Waals surface area contributed by atoms with Crippen molar-refractivity contribution in [2.45, 2.75) is 59.0 Å². The van der Waals surface area contributed by atoms with E-state index in [-0.39, 0.29) is 11.9 Å². The quantitative estimate of drug-likeness (QED) is 0.794. The lowest BCUT2D eigenvalue weighted by Gasteiger charge is -2.44. The number of benzene rings is 1. The molecular weight excluding hydrogens is 285 g/mol. The van der Waals surface area contributed by atoms with Crippen LogP contribution in [0, 0.1) is 22.6 Å². The van der Waals surface area contributed by atoms with E-state index in [1.165, 1.54) is 31.4 Å². The van der Waals surface area contributed by atoms with Crippen molar-refractivity contribution in [3.8, 4) is 0 Å². The first-order valence-electron chi connectivity index (χ1n) is 7.95. The first-order valence-corrected chi connectivity index (χ1v) is 8.33. The Morgan fingerprint density at radius 1 is 1.33 bits per heavy atom. The van der Waals surface area contributed by atoms with Crippen LogP contribution in [0.1, 0.15) is 58.6 Å². The van der Waals surface area contributed by atoms with Crippen LogP contribution in [0.3, 0.4) is 0 Å². The van der Waals surface area contributed by atoms with E-state index in [4.69, 9.17) is 11.6 Å². The molecule has 2 saturated carbocycles. The van der Waals surface area contributed by atoms with E-state index in [1.54, 1.807) is 6.07 Å². The standard InChI is InChI=1S/C18H25ClFN/c1-11(14-6-5-13(20)9-15(14)19)21-16-17(2,3)12-7-8-18(16,4)10-12/h5-6,9,11-12,16,21H,7-8,10H2,1-4H3. The van der Waals surface area contributed by atoms with Crippen LogP contribution in [-0.4, -0.2) is 6.04 Å². The van der Waals surface area contributed by atoms with Crippen LogP contribution >= 0.6 is 11.6 Å². The molecular formula is C18H25ClFN. The average molecular weight is 310 g/mol. The highest BCUT2D eigenvalue weighted by Gasteiger charge is 2.59. The van der Waals surface area contributed by atoms with Crippen molar-refractivity contribution < 1.29 is 4.39 Å². The van der Waals surface area contributed by atoms with E-state index in [2.05, 4.69) is 33.0 Å². The Morgan fingerprint density at radius 2 is 2.05 bits per heavy atom. The Morgan fingerprint density at radius 3 is 2.62 bits per heavy atom. The fraction of sp³-hybridized carbons (Fsp3) is 0.667. The minimum Gasteiger partial charge on any atom is -0.306 e. The molecule has 116 valence electrons. The van der Waals surface area contributed by atoms with Gasteiger partial charge in [0.25, 0.3) is 0 Å². The van der Waals surface area contributed by atoms with E-state index >= 15 is 0 Å². The predicted octanol–water partition coefficient (Wildman–Crippen LogP) is 5.34. The molecule has 1 aromatic rings. The second kappa shape index (κ2) is 4.96. The Kier molecular flexibility index (Phi) is 3.61. The lowest BCUT2D eigenvalue weighted by atomic mass is 9.68. The molecule has 2 fully saturated rings. The summed E-state index contributed by atoms with van der Waals surface area (Å²) in [6, 6.07) is 5.33. The van der Waals surface area contributed by atoms with Gasteiger partial charge >= 0.3 is 0 Å². The van der Waals surface area contributed by atoms with E-state index < -0.39 is 0 Å². The molecule has 2 aliphatic rings. The van der Waals surface area contributed by atoms with Gasteiger partial charge in [0.05, 0.1) is 0 Å². The van der Waals surface area contributed by atoms with Gasteiger partial charge in [-0.25, -0.2) is 4.39 Å². The van der Waals surface area contributed by atoms with Gasteiger partial charge in [-0.3, -0.25) is 0 Å². The minimum atomic E-state index is -0.275. The molecule has 0 spiro atoms. The van der Waals surface area contributed by atoms with E-state index in [0.29, 0.717) is 21.9 Å². The third-order valence-electron chi connectivity index (χ3n) is 6.12. The summed E-state index contributed by atoms with van der Waals surface area (Å²) in [5.41, 5.74) is 1.68. The number of halogens is 2. The molecule has 1 nitrogen and oxygen atoms in total. The van der Waals surface area contributed by atoms with Crippen molar-refractivity contribution in [2.75, 3.05) is 0 Å². The second-order valence-electron chi connectivity index (χ2n) is 7.90. The number of fused-ring (bicyclic) bond motifs is 2. The zero-order valence-electron chi connectivity index (χ0n) is 13.3. The van der Waals surface area contributed by atoms with E-state index in [1.807, 2.05) is 0 Å². The third kappa shape index (κ3) is 2.41. The summed E-state index contributed by atoms with van der Waals surface area (Å²) in [6.45, 7) is 9.32. The molecule has 0 heterocycles. The zero-order valence-corrected chi connectivity index (χ0v) is 14.1. The fourth-order valence-corrected chi connectivity index (χ4v) is 5.24. The van der Waals surface area contributed by atoms with Gasteiger partial charge in [0, 0.05) is 17.1 Å². The van der Waals surface area contributed by atoms with Crippen LogP contribution in [0.2, 0.25) is 5.02 Å². The maximum atomic E-state index is 13.2. The monoisotopic (exact) mass is 309 g/mol. The zero-order chi connectivity index (χ0) is 15.4. The lowest BCUT2D eigenvalue weighted by Crippen LogP contribution is -2.51. The molecule has 3 rings (SSSR count). The highest BCUT2D eigenvalue weighted by Crippen LogP contribution is 2.62. The highest BCUT2D eigenvalue weighted by atomic mass is 35.5. The van der Waals surface area contributed by atoms with Crippen LogP contribution in [0.5, 0.6) is 0 Å². The molecule has 3 heteroatoms. The smallest absolute Gasteiger partial charge is 0.124 e. The van der Waals surface area contributed by atoms with E-state index in [0.717, 1.165) is 11.5 Å². The van der Waals surface area contributed by atoms with Crippen LogP contribution in [0.25, 0.3) is 0 Å². The molecule has 0 aromatic heterocycles. The summed E-state index contributed by atoms with van der Waals surface area (Å²) in [4.78, 5) is 0. The van der Waals surface area contributed by atoms with Gasteiger partial charge in [0.1, 0.15) is 5.82 Å².